The number of amides is 1. The van der Waals surface area contributed by atoms with Crippen LogP contribution in [0, 0.1) is 0 Å². The van der Waals surface area contributed by atoms with Crippen LogP contribution in [0.1, 0.15) is 11.6 Å². The summed E-state index contributed by atoms with van der Waals surface area (Å²) in [5, 5.41) is 11.2. The Morgan fingerprint density at radius 2 is 1.94 bits per heavy atom. The van der Waals surface area contributed by atoms with Gasteiger partial charge in [0.1, 0.15) is 0 Å². The number of rotatable bonds is 4. The summed E-state index contributed by atoms with van der Waals surface area (Å²) < 4.78 is 39.4. The Balaban J connectivity index is 2.51. The fraction of sp³-hybridized carbons (Fsp3) is 0.364. The molecule has 0 aliphatic rings. The molecule has 1 atom stereocenters. The van der Waals surface area contributed by atoms with Gasteiger partial charge >= 0.3 is 12.3 Å². The minimum absolute atomic E-state index is 0.439. The van der Waals surface area contributed by atoms with Crippen LogP contribution in [0.4, 0.5) is 18.0 Å². The highest BCUT2D eigenvalue weighted by atomic mass is 19.4. The molecule has 0 saturated carbocycles. The minimum Gasteiger partial charge on any atom is -0.440 e. The summed E-state index contributed by atoms with van der Waals surface area (Å²) in [6.45, 7) is -2.10. The van der Waals surface area contributed by atoms with Gasteiger partial charge in [0.05, 0.1) is 12.6 Å². The second kappa shape index (κ2) is 6.25. The van der Waals surface area contributed by atoms with Crippen LogP contribution < -0.4 is 5.32 Å². The monoisotopic (exact) mass is 263 g/mol. The Morgan fingerprint density at radius 1 is 1.33 bits per heavy atom. The first-order valence-corrected chi connectivity index (χ1v) is 5.08. The highest BCUT2D eigenvalue weighted by Crippen LogP contribution is 2.15. The van der Waals surface area contributed by atoms with Crippen molar-refractivity contribution in [1.29, 1.82) is 0 Å². The van der Waals surface area contributed by atoms with Gasteiger partial charge in [0.2, 0.25) is 0 Å². The molecular weight excluding hydrogens is 251 g/mol. The van der Waals surface area contributed by atoms with Crippen LogP contribution in [-0.2, 0) is 4.74 Å². The van der Waals surface area contributed by atoms with E-state index in [2.05, 4.69) is 10.1 Å². The first-order valence-electron chi connectivity index (χ1n) is 5.08. The SMILES string of the molecule is O=C(N[C@H](CO)c1ccccc1)OCC(F)(F)F. The molecule has 18 heavy (non-hydrogen) atoms. The maximum atomic E-state index is 11.8. The number of carbonyl (C=O) groups excluding carboxylic acids is 1. The van der Waals surface area contributed by atoms with E-state index >= 15 is 0 Å². The number of benzene rings is 1. The molecule has 0 aromatic heterocycles. The number of alkyl halides is 3. The molecule has 0 spiro atoms. The molecule has 1 aromatic rings. The third-order valence-corrected chi connectivity index (χ3v) is 2.04. The number of hydrogen-bond donors (Lipinski definition) is 2. The zero-order valence-electron chi connectivity index (χ0n) is 9.28. The first-order chi connectivity index (χ1) is 8.42. The average Bonchev–Trinajstić information content (AvgIpc) is 2.33. The second-order valence-electron chi connectivity index (χ2n) is 3.48. The van der Waals surface area contributed by atoms with E-state index in [9.17, 15) is 18.0 Å². The number of aliphatic hydroxyl groups excluding tert-OH is 1. The fourth-order valence-corrected chi connectivity index (χ4v) is 1.25. The summed E-state index contributed by atoms with van der Waals surface area (Å²) >= 11 is 0. The summed E-state index contributed by atoms with van der Waals surface area (Å²) in [5.74, 6) is 0. The van der Waals surface area contributed by atoms with E-state index in [0.717, 1.165) is 0 Å². The van der Waals surface area contributed by atoms with E-state index in [-0.39, 0.29) is 0 Å². The summed E-state index contributed by atoms with van der Waals surface area (Å²) in [4.78, 5) is 11.1. The van der Waals surface area contributed by atoms with Crippen molar-refractivity contribution >= 4 is 6.09 Å². The molecule has 0 unspecified atom stereocenters. The molecule has 7 heteroatoms. The maximum Gasteiger partial charge on any atom is 0.422 e. The maximum absolute atomic E-state index is 11.8. The lowest BCUT2D eigenvalue weighted by atomic mass is 10.1. The predicted octanol–water partition coefficient (Wildman–Crippen LogP) is 2.01. The van der Waals surface area contributed by atoms with Crippen LogP contribution in [0.3, 0.4) is 0 Å². The lowest BCUT2D eigenvalue weighted by Gasteiger charge is -2.17. The lowest BCUT2D eigenvalue weighted by Crippen LogP contribution is -2.33. The van der Waals surface area contributed by atoms with Gasteiger partial charge in [-0.2, -0.15) is 13.2 Å². The van der Waals surface area contributed by atoms with Gasteiger partial charge in [-0.3, -0.25) is 0 Å². The standard InChI is InChI=1S/C11H12F3NO3/c12-11(13,14)7-18-10(17)15-9(6-16)8-4-2-1-3-5-8/h1-5,9,16H,6-7H2,(H,15,17)/t9-/m1/s1. The van der Waals surface area contributed by atoms with Crippen molar-refractivity contribution in [3.8, 4) is 0 Å². The minimum atomic E-state index is -4.57. The van der Waals surface area contributed by atoms with Gasteiger partial charge in [0.15, 0.2) is 6.61 Å². The molecule has 0 bridgehead atoms. The molecule has 1 amide bonds. The average molecular weight is 263 g/mol. The molecule has 100 valence electrons. The van der Waals surface area contributed by atoms with E-state index in [0.29, 0.717) is 5.56 Å². The van der Waals surface area contributed by atoms with Crippen molar-refractivity contribution in [2.45, 2.75) is 12.2 Å². The normalized spacial score (nSPS) is 12.9. The van der Waals surface area contributed by atoms with Gasteiger partial charge in [0.25, 0.3) is 0 Å². The smallest absolute Gasteiger partial charge is 0.422 e. The molecule has 0 fully saturated rings. The van der Waals surface area contributed by atoms with Crippen LogP contribution in [0.2, 0.25) is 0 Å². The van der Waals surface area contributed by atoms with Gasteiger partial charge in [-0.1, -0.05) is 30.3 Å². The molecule has 2 N–H and O–H groups in total. The van der Waals surface area contributed by atoms with E-state index in [4.69, 9.17) is 5.11 Å². The van der Waals surface area contributed by atoms with Gasteiger partial charge < -0.3 is 15.2 Å². The Bertz CT molecular complexity index is 381. The lowest BCUT2D eigenvalue weighted by molar-refractivity contribution is -0.160. The molecule has 0 saturated heterocycles. The number of aliphatic hydroxyl groups is 1. The summed E-state index contributed by atoms with van der Waals surface area (Å²) in [5.41, 5.74) is 0.573. The van der Waals surface area contributed by atoms with Crippen molar-refractivity contribution in [2.75, 3.05) is 13.2 Å². The Morgan fingerprint density at radius 3 is 2.44 bits per heavy atom. The molecular formula is C11H12F3NO3. The molecule has 0 radical (unpaired) electrons. The van der Waals surface area contributed by atoms with Crippen molar-refractivity contribution < 1.29 is 27.8 Å². The van der Waals surface area contributed by atoms with Gasteiger partial charge in [-0.15, -0.1) is 0 Å². The van der Waals surface area contributed by atoms with Crippen molar-refractivity contribution in [3.05, 3.63) is 35.9 Å². The molecule has 1 rings (SSSR count). The Kier molecular flexibility index (Phi) is 4.96. The topological polar surface area (TPSA) is 58.6 Å². The molecule has 4 nitrogen and oxygen atoms in total. The second-order valence-corrected chi connectivity index (χ2v) is 3.48. The summed E-state index contributed by atoms with van der Waals surface area (Å²) in [7, 11) is 0. The van der Waals surface area contributed by atoms with E-state index in [1.807, 2.05) is 0 Å². The largest absolute Gasteiger partial charge is 0.440 e. The fourth-order valence-electron chi connectivity index (χ4n) is 1.25. The van der Waals surface area contributed by atoms with Crippen LogP contribution in [0.5, 0.6) is 0 Å². The van der Waals surface area contributed by atoms with Crippen molar-refractivity contribution in [2.24, 2.45) is 0 Å². The van der Waals surface area contributed by atoms with Gasteiger partial charge in [-0.25, -0.2) is 4.79 Å². The van der Waals surface area contributed by atoms with Crippen LogP contribution >= 0.6 is 0 Å². The summed E-state index contributed by atoms with van der Waals surface area (Å²) in [6, 6.07) is 7.56. The number of nitrogens with one attached hydrogen (secondary N) is 1. The third kappa shape index (κ3) is 5.05. The highest BCUT2D eigenvalue weighted by Gasteiger charge is 2.30. The Hall–Kier alpha value is -1.76. The molecule has 0 aliphatic heterocycles. The van der Waals surface area contributed by atoms with Crippen LogP contribution in [0.25, 0.3) is 0 Å². The van der Waals surface area contributed by atoms with Crippen LogP contribution in [-0.4, -0.2) is 30.6 Å². The number of alkyl carbamates (subject to hydrolysis) is 1. The molecule has 0 aliphatic carbocycles. The number of hydrogen-bond acceptors (Lipinski definition) is 3. The highest BCUT2D eigenvalue weighted by molar-refractivity contribution is 5.67. The zero-order chi connectivity index (χ0) is 13.6. The van der Waals surface area contributed by atoms with Gasteiger partial charge in [-0.05, 0) is 5.56 Å². The number of ether oxygens (including phenoxy) is 1. The third-order valence-electron chi connectivity index (χ3n) is 2.04. The zero-order valence-corrected chi connectivity index (χ0v) is 9.28. The predicted molar refractivity (Wildman–Crippen MR) is 56.8 cm³/mol. The quantitative estimate of drug-likeness (QED) is 0.873. The number of halogens is 3. The van der Waals surface area contributed by atoms with Crippen LogP contribution in [0.15, 0.2) is 30.3 Å². The molecule has 0 heterocycles. The first kappa shape index (κ1) is 14.3. The van der Waals surface area contributed by atoms with Crippen molar-refractivity contribution in [1.82, 2.24) is 5.32 Å². The Labute approximate surface area is 101 Å². The van der Waals surface area contributed by atoms with E-state index < -0.39 is 31.5 Å². The van der Waals surface area contributed by atoms with E-state index in [1.165, 1.54) is 0 Å². The number of carbonyl (C=O) groups is 1. The molecule has 1 aromatic carbocycles. The summed E-state index contributed by atoms with van der Waals surface area (Å²) in [6.07, 6.45) is -5.80. The van der Waals surface area contributed by atoms with E-state index in [1.54, 1.807) is 30.3 Å². The van der Waals surface area contributed by atoms with Gasteiger partial charge in [0, 0.05) is 0 Å². The van der Waals surface area contributed by atoms with Crippen molar-refractivity contribution in [3.63, 3.8) is 0 Å².